The van der Waals surface area contributed by atoms with Gasteiger partial charge in [0.1, 0.15) is 0 Å². The lowest BCUT2D eigenvalue weighted by atomic mass is 10.1. The van der Waals surface area contributed by atoms with Crippen molar-refractivity contribution in [3.8, 4) is 0 Å². The average molecular weight is 294 g/mol. The molecule has 11 heavy (non-hydrogen) atoms. The van der Waals surface area contributed by atoms with Crippen LogP contribution < -0.4 is 0 Å². The molecule has 1 aliphatic rings. The van der Waals surface area contributed by atoms with E-state index in [-0.39, 0.29) is 12.8 Å². The predicted molar refractivity (Wildman–Crippen MR) is 43.7 cm³/mol. The lowest BCUT2D eigenvalue weighted by molar-refractivity contribution is -0.171. The quantitative estimate of drug-likeness (QED) is 0.686. The minimum Gasteiger partial charge on any atom is -0.170 e. The standard InChI is InChI=1S/C6H5Br2F3/c7-4(8)3-5(1-2-5)6(9,10)11/h3H,1-2H2. The fraction of sp³-hybridized carbons (Fsp3) is 0.667. The molecule has 0 aromatic carbocycles. The van der Waals surface area contributed by atoms with Crippen LogP contribution in [0.1, 0.15) is 12.8 Å². The van der Waals surface area contributed by atoms with Gasteiger partial charge < -0.3 is 0 Å². The molecule has 5 heteroatoms. The van der Waals surface area contributed by atoms with Crippen molar-refractivity contribution in [3.63, 3.8) is 0 Å². The minimum absolute atomic E-state index is 0.206. The summed E-state index contributed by atoms with van der Waals surface area (Å²) in [7, 11) is 0. The Hall–Kier alpha value is 0.490. The summed E-state index contributed by atoms with van der Waals surface area (Å²) in [5.74, 6) is 0. The molecule has 0 unspecified atom stereocenters. The molecule has 1 rings (SSSR count). The van der Waals surface area contributed by atoms with Crippen molar-refractivity contribution in [2.24, 2.45) is 5.41 Å². The minimum atomic E-state index is -4.10. The van der Waals surface area contributed by atoms with Crippen LogP contribution in [0.15, 0.2) is 9.47 Å². The van der Waals surface area contributed by atoms with Crippen LogP contribution in [-0.2, 0) is 0 Å². The zero-order chi connectivity index (χ0) is 8.70. The number of halogens is 5. The molecule has 1 fully saturated rings. The van der Waals surface area contributed by atoms with Crippen molar-refractivity contribution >= 4 is 31.9 Å². The predicted octanol–water partition coefficient (Wildman–Crippen LogP) is 3.96. The number of alkyl halides is 3. The van der Waals surface area contributed by atoms with Gasteiger partial charge in [0, 0.05) is 0 Å². The van der Waals surface area contributed by atoms with Crippen molar-refractivity contribution in [1.82, 2.24) is 0 Å². The second kappa shape index (κ2) is 2.76. The first-order valence-electron chi connectivity index (χ1n) is 2.98. The molecule has 0 bridgehead atoms. The highest BCUT2D eigenvalue weighted by Gasteiger charge is 2.61. The van der Waals surface area contributed by atoms with E-state index in [0.29, 0.717) is 3.39 Å². The third-order valence-electron chi connectivity index (χ3n) is 1.74. The molecular formula is C6H5Br2F3. The molecule has 64 valence electrons. The normalized spacial score (nSPS) is 21.2. The van der Waals surface area contributed by atoms with E-state index >= 15 is 0 Å². The van der Waals surface area contributed by atoms with E-state index in [2.05, 4.69) is 31.9 Å². The zero-order valence-electron chi connectivity index (χ0n) is 5.38. The van der Waals surface area contributed by atoms with Gasteiger partial charge in [-0.15, -0.1) is 0 Å². The Bertz CT molecular complexity index is 186. The molecule has 0 aliphatic heterocycles. The van der Waals surface area contributed by atoms with Gasteiger partial charge in [0.15, 0.2) is 0 Å². The van der Waals surface area contributed by atoms with Gasteiger partial charge in [-0.3, -0.25) is 0 Å². The van der Waals surface area contributed by atoms with Crippen molar-refractivity contribution in [1.29, 1.82) is 0 Å². The number of hydrogen-bond acceptors (Lipinski definition) is 0. The first-order chi connectivity index (χ1) is 4.87. The van der Waals surface area contributed by atoms with Crippen LogP contribution in [0.2, 0.25) is 0 Å². The van der Waals surface area contributed by atoms with Gasteiger partial charge in [-0.25, -0.2) is 0 Å². The monoisotopic (exact) mass is 292 g/mol. The Morgan fingerprint density at radius 2 is 1.73 bits per heavy atom. The molecule has 0 amide bonds. The molecule has 0 aromatic rings. The molecule has 1 aliphatic carbocycles. The molecule has 0 N–H and O–H groups in total. The molecule has 1 saturated carbocycles. The van der Waals surface area contributed by atoms with Crippen molar-refractivity contribution in [3.05, 3.63) is 9.47 Å². The molecule has 0 atom stereocenters. The Morgan fingerprint density at radius 1 is 1.27 bits per heavy atom. The molecule has 0 radical (unpaired) electrons. The molecule has 0 nitrogen and oxygen atoms in total. The van der Waals surface area contributed by atoms with Crippen LogP contribution in [-0.4, -0.2) is 6.18 Å². The van der Waals surface area contributed by atoms with E-state index in [0.717, 1.165) is 0 Å². The van der Waals surface area contributed by atoms with Crippen molar-refractivity contribution < 1.29 is 13.2 Å². The average Bonchev–Trinajstić information content (AvgIpc) is 2.42. The lowest BCUT2D eigenvalue weighted by Gasteiger charge is -2.14. The van der Waals surface area contributed by atoms with Crippen LogP contribution in [0.5, 0.6) is 0 Å². The summed E-state index contributed by atoms with van der Waals surface area (Å²) in [6.07, 6.45) is -2.51. The first kappa shape index (κ1) is 9.58. The number of rotatable bonds is 1. The summed E-state index contributed by atoms with van der Waals surface area (Å²) in [5.41, 5.74) is -1.55. The van der Waals surface area contributed by atoms with E-state index in [1.54, 1.807) is 0 Å². The van der Waals surface area contributed by atoms with Crippen LogP contribution in [0.4, 0.5) is 13.2 Å². The largest absolute Gasteiger partial charge is 0.397 e. The Labute approximate surface area is 79.1 Å². The summed E-state index contributed by atoms with van der Waals surface area (Å²) in [5, 5.41) is 0. The zero-order valence-corrected chi connectivity index (χ0v) is 8.55. The van der Waals surface area contributed by atoms with E-state index in [1.807, 2.05) is 0 Å². The van der Waals surface area contributed by atoms with Gasteiger partial charge in [-0.05, 0) is 50.8 Å². The maximum Gasteiger partial charge on any atom is 0.397 e. The molecule has 0 spiro atoms. The Morgan fingerprint density at radius 3 is 1.82 bits per heavy atom. The fourth-order valence-corrected chi connectivity index (χ4v) is 1.73. The van der Waals surface area contributed by atoms with E-state index in [4.69, 9.17) is 0 Å². The van der Waals surface area contributed by atoms with E-state index < -0.39 is 11.6 Å². The summed E-state index contributed by atoms with van der Waals surface area (Å²) in [6.45, 7) is 0. The van der Waals surface area contributed by atoms with Gasteiger partial charge in [0.05, 0.1) is 8.81 Å². The summed E-state index contributed by atoms with van der Waals surface area (Å²) >= 11 is 5.84. The molecule has 0 aromatic heterocycles. The van der Waals surface area contributed by atoms with Gasteiger partial charge in [0.25, 0.3) is 0 Å². The molecular weight excluding hydrogens is 289 g/mol. The maximum absolute atomic E-state index is 12.2. The third kappa shape index (κ3) is 1.99. The third-order valence-corrected chi connectivity index (χ3v) is 2.20. The number of hydrogen-bond donors (Lipinski definition) is 0. The van der Waals surface area contributed by atoms with Gasteiger partial charge in [0.2, 0.25) is 0 Å². The van der Waals surface area contributed by atoms with E-state index in [1.165, 1.54) is 6.08 Å². The second-order valence-electron chi connectivity index (χ2n) is 2.59. The highest BCUT2D eigenvalue weighted by Crippen LogP contribution is 2.59. The summed E-state index contributed by atoms with van der Waals surface area (Å²) < 4.78 is 36.9. The Balaban J connectivity index is 2.77. The van der Waals surface area contributed by atoms with Crippen LogP contribution in [0, 0.1) is 5.41 Å². The lowest BCUT2D eigenvalue weighted by Crippen LogP contribution is -2.22. The van der Waals surface area contributed by atoms with Crippen LogP contribution in [0.3, 0.4) is 0 Å². The highest BCUT2D eigenvalue weighted by molar-refractivity contribution is 9.28. The number of allylic oxidation sites excluding steroid dienone is 1. The fourth-order valence-electron chi connectivity index (χ4n) is 0.853. The van der Waals surface area contributed by atoms with E-state index in [9.17, 15) is 13.2 Å². The second-order valence-corrected chi connectivity index (χ2v) is 5.36. The van der Waals surface area contributed by atoms with Crippen LogP contribution >= 0.6 is 31.9 Å². The smallest absolute Gasteiger partial charge is 0.170 e. The van der Waals surface area contributed by atoms with Gasteiger partial charge >= 0.3 is 6.18 Å². The molecule has 0 saturated heterocycles. The van der Waals surface area contributed by atoms with Crippen molar-refractivity contribution in [2.75, 3.05) is 0 Å². The van der Waals surface area contributed by atoms with Crippen LogP contribution in [0.25, 0.3) is 0 Å². The van der Waals surface area contributed by atoms with Crippen molar-refractivity contribution in [2.45, 2.75) is 19.0 Å². The molecule has 0 heterocycles. The highest BCUT2D eigenvalue weighted by atomic mass is 79.9. The SMILES string of the molecule is FC(F)(F)C1(C=C(Br)Br)CC1. The summed E-state index contributed by atoms with van der Waals surface area (Å²) in [4.78, 5) is 0. The van der Waals surface area contributed by atoms with Gasteiger partial charge in [-0.2, -0.15) is 13.2 Å². The summed E-state index contributed by atoms with van der Waals surface area (Å²) in [6, 6.07) is 0. The first-order valence-corrected chi connectivity index (χ1v) is 4.57. The Kier molecular flexibility index (Phi) is 2.41. The van der Waals surface area contributed by atoms with Gasteiger partial charge in [-0.1, -0.05) is 0 Å². The maximum atomic E-state index is 12.2. The topological polar surface area (TPSA) is 0 Å².